The molecule has 1 aliphatic rings. The summed E-state index contributed by atoms with van der Waals surface area (Å²) in [6.45, 7) is 0.607. The largest absolute Gasteiger partial charge is 0.275 e. The molecule has 0 bridgehead atoms. The summed E-state index contributed by atoms with van der Waals surface area (Å²) in [5.74, 6) is -0.103. The first-order valence-corrected chi connectivity index (χ1v) is 7.61. The summed E-state index contributed by atoms with van der Waals surface area (Å²) in [7, 11) is 0. The Bertz CT molecular complexity index is 903. The number of carbonyl (C=O) groups is 1. The summed E-state index contributed by atoms with van der Waals surface area (Å²) in [5.41, 5.74) is 3.48. The number of benzene rings is 2. The Morgan fingerprint density at radius 1 is 1.00 bits per heavy atom. The van der Waals surface area contributed by atoms with Crippen LogP contribution in [0.5, 0.6) is 0 Å². The van der Waals surface area contributed by atoms with E-state index in [0.29, 0.717) is 12.1 Å². The van der Waals surface area contributed by atoms with Gasteiger partial charge in [0.1, 0.15) is 0 Å². The second-order valence-corrected chi connectivity index (χ2v) is 5.51. The lowest BCUT2D eigenvalue weighted by molar-refractivity contribution is 0.0778. The molecular formula is C19H15N3O. The summed E-state index contributed by atoms with van der Waals surface area (Å²) in [5, 5.41) is 6.99. The van der Waals surface area contributed by atoms with Crippen molar-refractivity contribution in [1.82, 2.24) is 9.99 Å². The van der Waals surface area contributed by atoms with Crippen LogP contribution in [-0.2, 0) is 0 Å². The van der Waals surface area contributed by atoms with Gasteiger partial charge in [-0.1, -0.05) is 48.5 Å². The number of aromatic nitrogens is 1. The Hall–Kier alpha value is -3.01. The molecule has 1 amide bonds. The fourth-order valence-electron chi connectivity index (χ4n) is 2.77. The molecule has 4 rings (SSSR count). The molecule has 0 unspecified atom stereocenters. The number of hydrogen-bond acceptors (Lipinski definition) is 3. The molecule has 1 aliphatic heterocycles. The van der Waals surface area contributed by atoms with Crippen molar-refractivity contribution in [3.8, 4) is 0 Å². The highest BCUT2D eigenvalue weighted by molar-refractivity contribution is 6.04. The van der Waals surface area contributed by atoms with Gasteiger partial charge in [0.15, 0.2) is 0 Å². The van der Waals surface area contributed by atoms with Crippen LogP contribution in [0.2, 0.25) is 0 Å². The van der Waals surface area contributed by atoms with Gasteiger partial charge in [0.05, 0.1) is 23.3 Å². The van der Waals surface area contributed by atoms with Crippen LogP contribution in [0.15, 0.2) is 72.0 Å². The monoisotopic (exact) mass is 301 g/mol. The van der Waals surface area contributed by atoms with Gasteiger partial charge in [-0.05, 0) is 17.7 Å². The number of carbonyl (C=O) groups excluding carboxylic acids is 1. The average molecular weight is 301 g/mol. The lowest BCUT2D eigenvalue weighted by atomic mass is 10.1. The zero-order valence-corrected chi connectivity index (χ0v) is 12.5. The highest BCUT2D eigenvalue weighted by atomic mass is 16.2. The molecule has 2 heterocycles. The van der Waals surface area contributed by atoms with E-state index in [2.05, 4.69) is 10.1 Å². The van der Waals surface area contributed by atoms with Crippen LogP contribution in [-0.4, -0.2) is 28.2 Å². The molecule has 0 saturated carbocycles. The third-order valence-electron chi connectivity index (χ3n) is 3.98. The Kier molecular flexibility index (Phi) is 3.35. The zero-order valence-electron chi connectivity index (χ0n) is 12.5. The topological polar surface area (TPSA) is 45.6 Å². The first-order chi connectivity index (χ1) is 11.3. The lowest BCUT2D eigenvalue weighted by Gasteiger charge is -2.11. The number of fused-ring (bicyclic) bond motifs is 1. The molecule has 0 fully saturated rings. The Morgan fingerprint density at radius 2 is 1.78 bits per heavy atom. The number of nitrogens with zero attached hydrogens (tertiary/aromatic N) is 3. The molecule has 0 atom stereocenters. The average Bonchev–Trinajstić information content (AvgIpc) is 3.11. The molecule has 4 nitrogen and oxygen atoms in total. The van der Waals surface area contributed by atoms with E-state index in [9.17, 15) is 4.79 Å². The zero-order chi connectivity index (χ0) is 15.6. The van der Waals surface area contributed by atoms with Gasteiger partial charge in [-0.2, -0.15) is 5.10 Å². The fourth-order valence-corrected chi connectivity index (χ4v) is 2.77. The smallest absolute Gasteiger partial charge is 0.267 e. The predicted molar refractivity (Wildman–Crippen MR) is 90.4 cm³/mol. The molecular weight excluding hydrogens is 286 g/mol. The number of hydrazone groups is 1. The molecule has 0 aliphatic carbocycles. The van der Waals surface area contributed by atoms with E-state index in [1.165, 1.54) is 5.01 Å². The summed E-state index contributed by atoms with van der Waals surface area (Å²) in [6, 6.07) is 19.6. The molecule has 3 aromatic rings. The van der Waals surface area contributed by atoms with E-state index < -0.39 is 0 Å². The molecule has 112 valence electrons. The molecule has 4 heteroatoms. The van der Waals surface area contributed by atoms with Crippen molar-refractivity contribution in [2.45, 2.75) is 6.42 Å². The molecule has 1 aromatic heterocycles. The minimum Gasteiger partial charge on any atom is -0.267 e. The maximum atomic E-state index is 12.6. The van der Waals surface area contributed by atoms with Crippen LogP contribution < -0.4 is 0 Å². The summed E-state index contributed by atoms with van der Waals surface area (Å²) >= 11 is 0. The highest BCUT2D eigenvalue weighted by Crippen LogP contribution is 2.18. The molecule has 0 spiro atoms. The normalized spacial score (nSPS) is 14.1. The van der Waals surface area contributed by atoms with E-state index in [1.807, 2.05) is 60.7 Å². The van der Waals surface area contributed by atoms with E-state index in [-0.39, 0.29) is 5.91 Å². The summed E-state index contributed by atoms with van der Waals surface area (Å²) in [6.07, 6.45) is 2.40. The van der Waals surface area contributed by atoms with Crippen molar-refractivity contribution >= 4 is 22.5 Å². The van der Waals surface area contributed by atoms with Crippen LogP contribution in [0.4, 0.5) is 0 Å². The molecule has 0 N–H and O–H groups in total. The van der Waals surface area contributed by atoms with Crippen LogP contribution >= 0.6 is 0 Å². The number of amides is 1. The Morgan fingerprint density at radius 3 is 2.65 bits per heavy atom. The molecule has 0 saturated heterocycles. The van der Waals surface area contributed by atoms with Crippen molar-refractivity contribution in [2.24, 2.45) is 5.10 Å². The standard InChI is InChI=1S/C19H15N3O/c23-19(16-12-15-8-4-5-9-17(15)20-13-16)22-11-10-18(21-22)14-6-2-1-3-7-14/h1-9,12-13H,10-11H2. The van der Waals surface area contributed by atoms with Crippen LogP contribution in [0.3, 0.4) is 0 Å². The second kappa shape index (κ2) is 5.65. The van der Waals surface area contributed by atoms with Crippen molar-refractivity contribution in [3.63, 3.8) is 0 Å². The highest BCUT2D eigenvalue weighted by Gasteiger charge is 2.23. The first-order valence-electron chi connectivity index (χ1n) is 7.61. The SMILES string of the molecule is O=C(c1cnc2ccccc2c1)N1CCC(c2ccccc2)=N1. The number of para-hydroxylation sites is 1. The number of rotatable bonds is 2. The molecule has 2 aromatic carbocycles. The third kappa shape index (κ3) is 2.59. The first kappa shape index (κ1) is 13.6. The van der Waals surface area contributed by atoms with Crippen molar-refractivity contribution in [3.05, 3.63) is 78.0 Å². The second-order valence-electron chi connectivity index (χ2n) is 5.51. The molecule has 23 heavy (non-hydrogen) atoms. The third-order valence-corrected chi connectivity index (χ3v) is 3.98. The van der Waals surface area contributed by atoms with Crippen molar-refractivity contribution < 1.29 is 4.79 Å². The number of hydrogen-bond donors (Lipinski definition) is 0. The van der Waals surface area contributed by atoms with E-state index in [4.69, 9.17) is 0 Å². The predicted octanol–water partition coefficient (Wildman–Crippen LogP) is 3.49. The van der Waals surface area contributed by atoms with Crippen molar-refractivity contribution in [2.75, 3.05) is 6.54 Å². The fraction of sp³-hybridized carbons (Fsp3) is 0.105. The van der Waals surface area contributed by atoms with Gasteiger partial charge in [-0.15, -0.1) is 0 Å². The van der Waals surface area contributed by atoms with Crippen LogP contribution in [0, 0.1) is 0 Å². The van der Waals surface area contributed by atoms with Gasteiger partial charge in [-0.3, -0.25) is 9.78 Å². The summed E-state index contributed by atoms with van der Waals surface area (Å²) in [4.78, 5) is 17.0. The van der Waals surface area contributed by atoms with Gasteiger partial charge in [0, 0.05) is 18.0 Å². The Labute approximate surface area is 134 Å². The maximum Gasteiger partial charge on any atom is 0.275 e. The van der Waals surface area contributed by atoms with Crippen LogP contribution in [0.1, 0.15) is 22.3 Å². The van der Waals surface area contributed by atoms with Gasteiger partial charge in [-0.25, -0.2) is 5.01 Å². The van der Waals surface area contributed by atoms with Gasteiger partial charge in [0.25, 0.3) is 5.91 Å². The van der Waals surface area contributed by atoms with Crippen molar-refractivity contribution in [1.29, 1.82) is 0 Å². The van der Waals surface area contributed by atoms with Crippen LogP contribution in [0.25, 0.3) is 10.9 Å². The quantitative estimate of drug-likeness (QED) is 0.727. The van der Waals surface area contributed by atoms with Gasteiger partial charge < -0.3 is 0 Å². The maximum absolute atomic E-state index is 12.6. The molecule has 0 radical (unpaired) electrons. The minimum absolute atomic E-state index is 0.103. The van der Waals surface area contributed by atoms with Gasteiger partial charge in [0.2, 0.25) is 0 Å². The summed E-state index contributed by atoms with van der Waals surface area (Å²) < 4.78 is 0. The van der Waals surface area contributed by atoms with E-state index in [0.717, 1.165) is 28.6 Å². The minimum atomic E-state index is -0.103. The Balaban J connectivity index is 1.62. The van der Waals surface area contributed by atoms with E-state index >= 15 is 0 Å². The lowest BCUT2D eigenvalue weighted by Crippen LogP contribution is -2.23. The van der Waals surface area contributed by atoms with Gasteiger partial charge >= 0.3 is 0 Å². The number of pyridine rings is 1. The van der Waals surface area contributed by atoms with E-state index in [1.54, 1.807) is 6.20 Å².